The molecule has 4 nitrogen and oxygen atoms in total. The summed E-state index contributed by atoms with van der Waals surface area (Å²) in [4.78, 5) is 19.7. The van der Waals surface area contributed by atoms with Crippen LogP contribution in [0.3, 0.4) is 0 Å². The van der Waals surface area contributed by atoms with Crippen LogP contribution in [0.25, 0.3) is 0 Å². The van der Waals surface area contributed by atoms with E-state index in [1.54, 1.807) is 0 Å². The molecule has 0 aliphatic rings. The van der Waals surface area contributed by atoms with Crippen molar-refractivity contribution in [3.63, 3.8) is 0 Å². The fourth-order valence-corrected chi connectivity index (χ4v) is 1.15. The average Bonchev–Trinajstić information content (AvgIpc) is 2.22. The first-order chi connectivity index (χ1) is 7.54. The Labute approximate surface area is 98.0 Å². The number of aliphatic carboxylic acids is 1. The Kier molecular flexibility index (Phi) is 15.1. The lowest BCUT2D eigenvalue weighted by molar-refractivity contribution is -0.140. The summed E-state index contributed by atoms with van der Waals surface area (Å²) in [7, 11) is 1.44. The van der Waals surface area contributed by atoms with Crippen molar-refractivity contribution in [2.45, 2.75) is 58.8 Å². The normalized spacial score (nSPS) is 8.94. The number of carbonyl (C=O) groups is 2. The second kappa shape index (κ2) is 13.9. The lowest BCUT2D eigenvalue weighted by Gasteiger charge is -1.99. The molecule has 0 spiro atoms. The van der Waals surface area contributed by atoms with Crippen LogP contribution < -0.4 is 0 Å². The first-order valence-corrected chi connectivity index (χ1v) is 5.80. The first-order valence-electron chi connectivity index (χ1n) is 5.80. The number of unbranched alkanes of at least 4 members (excludes halogenated alkanes) is 5. The Morgan fingerprint density at radius 1 is 1.06 bits per heavy atom. The highest BCUT2D eigenvalue weighted by Crippen LogP contribution is 2.06. The number of carboxylic acids is 1. The zero-order valence-corrected chi connectivity index (χ0v) is 10.6. The predicted molar refractivity (Wildman–Crippen MR) is 63.3 cm³/mol. The minimum atomic E-state index is -0.833. The smallest absolute Gasteiger partial charge is 0.305 e. The van der Waals surface area contributed by atoms with Gasteiger partial charge in [-0.25, -0.2) is 0 Å². The predicted octanol–water partition coefficient (Wildman–Crippen LogP) is 3.00. The van der Waals surface area contributed by atoms with Crippen molar-refractivity contribution in [3.8, 4) is 0 Å². The Bertz CT molecular complexity index is 174. The number of hydrogen-bond acceptors (Lipinski definition) is 3. The van der Waals surface area contributed by atoms with Gasteiger partial charge in [0.1, 0.15) is 0 Å². The van der Waals surface area contributed by atoms with Crippen molar-refractivity contribution in [3.05, 3.63) is 0 Å². The number of esters is 1. The maximum Gasteiger partial charge on any atom is 0.305 e. The maximum absolute atomic E-state index is 10.7. The van der Waals surface area contributed by atoms with Crippen LogP contribution in [0.4, 0.5) is 0 Å². The van der Waals surface area contributed by atoms with Gasteiger partial charge >= 0.3 is 5.97 Å². The summed E-state index contributed by atoms with van der Waals surface area (Å²) in [5.74, 6) is -0.912. The second-order valence-corrected chi connectivity index (χ2v) is 3.61. The summed E-state index contributed by atoms with van der Waals surface area (Å²) >= 11 is 0. The number of methoxy groups -OCH3 is 1. The lowest BCUT2D eigenvalue weighted by Crippen LogP contribution is -1.98. The lowest BCUT2D eigenvalue weighted by atomic mass is 10.1. The molecular weight excluding hydrogens is 208 g/mol. The summed E-state index contributed by atoms with van der Waals surface area (Å²) in [6.07, 6.45) is 7.88. The molecular formula is C12H24O4. The van der Waals surface area contributed by atoms with Crippen molar-refractivity contribution in [1.82, 2.24) is 0 Å². The minimum Gasteiger partial charge on any atom is -0.481 e. The van der Waals surface area contributed by atoms with E-state index in [1.165, 1.54) is 32.8 Å². The highest BCUT2D eigenvalue weighted by Gasteiger charge is 1.98. The van der Waals surface area contributed by atoms with Gasteiger partial charge in [0.25, 0.3) is 5.97 Å². The Morgan fingerprint density at radius 2 is 1.50 bits per heavy atom. The van der Waals surface area contributed by atoms with Crippen molar-refractivity contribution in [2.75, 3.05) is 7.11 Å². The van der Waals surface area contributed by atoms with Crippen LogP contribution in [0.15, 0.2) is 0 Å². The summed E-state index contributed by atoms with van der Waals surface area (Å²) in [5, 5.41) is 7.42. The van der Waals surface area contributed by atoms with Gasteiger partial charge in [-0.1, -0.05) is 39.0 Å². The fraction of sp³-hybridized carbons (Fsp3) is 0.833. The number of hydrogen-bond donors (Lipinski definition) is 1. The SMILES string of the molecule is CC(=O)O.CCCCCCCCC(=O)OC. The van der Waals surface area contributed by atoms with Crippen molar-refractivity contribution >= 4 is 11.9 Å². The summed E-state index contributed by atoms with van der Waals surface area (Å²) < 4.78 is 4.54. The quantitative estimate of drug-likeness (QED) is 0.541. The third-order valence-corrected chi connectivity index (χ3v) is 1.96. The molecule has 4 heteroatoms. The third kappa shape index (κ3) is 23.1. The molecule has 1 N–H and O–H groups in total. The van der Waals surface area contributed by atoms with E-state index in [1.807, 2.05) is 0 Å². The van der Waals surface area contributed by atoms with Gasteiger partial charge in [-0.05, 0) is 6.42 Å². The van der Waals surface area contributed by atoms with Gasteiger partial charge in [-0.2, -0.15) is 0 Å². The number of carbonyl (C=O) groups excluding carboxylic acids is 1. The molecule has 0 saturated carbocycles. The molecule has 0 heterocycles. The van der Waals surface area contributed by atoms with Crippen molar-refractivity contribution in [1.29, 1.82) is 0 Å². The number of carboxylic acid groups (broad SMARTS) is 1. The zero-order valence-electron chi connectivity index (χ0n) is 10.6. The molecule has 0 aromatic heterocycles. The maximum atomic E-state index is 10.7. The van der Waals surface area contributed by atoms with Crippen LogP contribution in [0.5, 0.6) is 0 Å². The Hall–Kier alpha value is -1.06. The van der Waals surface area contributed by atoms with E-state index >= 15 is 0 Å². The molecule has 0 rings (SSSR count). The topological polar surface area (TPSA) is 63.6 Å². The molecule has 0 aliphatic carbocycles. The van der Waals surface area contributed by atoms with E-state index < -0.39 is 5.97 Å². The van der Waals surface area contributed by atoms with Gasteiger partial charge in [-0.3, -0.25) is 9.59 Å². The van der Waals surface area contributed by atoms with E-state index in [0.29, 0.717) is 6.42 Å². The van der Waals surface area contributed by atoms with E-state index in [9.17, 15) is 4.79 Å². The highest BCUT2D eigenvalue weighted by molar-refractivity contribution is 5.68. The molecule has 0 aliphatic heterocycles. The monoisotopic (exact) mass is 232 g/mol. The molecule has 0 saturated heterocycles. The van der Waals surface area contributed by atoms with E-state index in [0.717, 1.165) is 19.8 Å². The number of ether oxygens (including phenoxy) is 1. The molecule has 0 unspecified atom stereocenters. The fourth-order valence-electron chi connectivity index (χ4n) is 1.15. The Morgan fingerprint density at radius 3 is 1.94 bits per heavy atom. The summed E-state index contributed by atoms with van der Waals surface area (Å²) in [6, 6.07) is 0. The minimum absolute atomic E-state index is 0.0782. The third-order valence-electron chi connectivity index (χ3n) is 1.96. The Balaban J connectivity index is 0. The van der Waals surface area contributed by atoms with Gasteiger partial charge in [0.15, 0.2) is 0 Å². The van der Waals surface area contributed by atoms with Crippen LogP contribution in [0, 0.1) is 0 Å². The molecule has 0 amide bonds. The van der Waals surface area contributed by atoms with E-state index in [4.69, 9.17) is 9.90 Å². The molecule has 0 atom stereocenters. The molecule has 0 bridgehead atoms. The van der Waals surface area contributed by atoms with Crippen LogP contribution in [0.2, 0.25) is 0 Å². The van der Waals surface area contributed by atoms with Crippen LogP contribution in [0.1, 0.15) is 58.8 Å². The molecule has 96 valence electrons. The average molecular weight is 232 g/mol. The second-order valence-electron chi connectivity index (χ2n) is 3.61. The zero-order chi connectivity index (χ0) is 12.8. The van der Waals surface area contributed by atoms with Crippen molar-refractivity contribution in [2.24, 2.45) is 0 Å². The molecule has 16 heavy (non-hydrogen) atoms. The van der Waals surface area contributed by atoms with Gasteiger partial charge in [-0.15, -0.1) is 0 Å². The van der Waals surface area contributed by atoms with Crippen LogP contribution in [-0.4, -0.2) is 24.2 Å². The highest BCUT2D eigenvalue weighted by atomic mass is 16.5. The largest absolute Gasteiger partial charge is 0.481 e. The van der Waals surface area contributed by atoms with Gasteiger partial charge in [0, 0.05) is 13.3 Å². The van der Waals surface area contributed by atoms with E-state index in [-0.39, 0.29) is 5.97 Å². The first kappa shape index (κ1) is 17.3. The number of rotatable bonds is 7. The molecule has 0 fully saturated rings. The standard InChI is InChI=1S/C10H20O2.C2H4O2/c1-3-4-5-6-7-8-9-10(11)12-2;1-2(3)4/h3-9H2,1-2H3;1H3,(H,3,4). The molecule has 0 aromatic rings. The van der Waals surface area contributed by atoms with Gasteiger partial charge in [0.05, 0.1) is 7.11 Å². The van der Waals surface area contributed by atoms with Gasteiger partial charge < -0.3 is 9.84 Å². The van der Waals surface area contributed by atoms with Gasteiger partial charge in [0.2, 0.25) is 0 Å². The van der Waals surface area contributed by atoms with E-state index in [2.05, 4.69) is 11.7 Å². The molecule has 0 aromatic carbocycles. The summed E-state index contributed by atoms with van der Waals surface area (Å²) in [6.45, 7) is 3.29. The summed E-state index contributed by atoms with van der Waals surface area (Å²) in [5.41, 5.74) is 0. The van der Waals surface area contributed by atoms with Crippen LogP contribution in [-0.2, 0) is 14.3 Å². The van der Waals surface area contributed by atoms with Crippen molar-refractivity contribution < 1.29 is 19.4 Å². The molecule has 0 radical (unpaired) electrons. The van der Waals surface area contributed by atoms with Crippen LogP contribution >= 0.6 is 0 Å².